The van der Waals surface area contributed by atoms with Crippen LogP contribution in [0.4, 0.5) is 0 Å². The molecule has 0 amide bonds. The summed E-state index contributed by atoms with van der Waals surface area (Å²) in [6.07, 6.45) is 1.56. The van der Waals surface area contributed by atoms with Gasteiger partial charge in [-0.05, 0) is 35.5 Å². The number of aromatic nitrogens is 3. The van der Waals surface area contributed by atoms with Gasteiger partial charge in [0.25, 0.3) is 0 Å². The fourth-order valence-corrected chi connectivity index (χ4v) is 3.35. The van der Waals surface area contributed by atoms with E-state index in [0.29, 0.717) is 12.6 Å². The van der Waals surface area contributed by atoms with Gasteiger partial charge in [-0.3, -0.25) is 14.6 Å². The van der Waals surface area contributed by atoms with Crippen molar-refractivity contribution in [2.45, 2.75) is 26.4 Å². The van der Waals surface area contributed by atoms with Crippen molar-refractivity contribution in [3.8, 4) is 0 Å². The molecule has 0 aliphatic heterocycles. The fraction of sp³-hybridized carbons (Fsp3) is 0.562. The van der Waals surface area contributed by atoms with Gasteiger partial charge in [-0.15, -0.1) is 24.0 Å². The third-order valence-electron chi connectivity index (χ3n) is 4.09. The lowest BCUT2D eigenvalue weighted by molar-refractivity contribution is 0.219. The highest BCUT2D eigenvalue weighted by Gasteiger charge is 2.18. The van der Waals surface area contributed by atoms with Crippen LogP contribution in [0, 0.1) is 0 Å². The lowest BCUT2D eigenvalue weighted by Gasteiger charge is -2.30. The highest BCUT2D eigenvalue weighted by Crippen LogP contribution is 2.22. The zero-order chi connectivity index (χ0) is 17.4. The van der Waals surface area contributed by atoms with E-state index in [1.54, 1.807) is 29.4 Å². The Balaban J connectivity index is 0.00000312. The van der Waals surface area contributed by atoms with E-state index >= 15 is 0 Å². The van der Waals surface area contributed by atoms with Gasteiger partial charge in [0.05, 0.1) is 12.6 Å². The summed E-state index contributed by atoms with van der Waals surface area (Å²) in [4.78, 5) is 11.0. The Bertz CT molecular complexity index is 622. The van der Waals surface area contributed by atoms with E-state index in [0.717, 1.165) is 31.4 Å². The van der Waals surface area contributed by atoms with Crippen LogP contribution in [-0.4, -0.2) is 52.3 Å². The Kier molecular flexibility index (Phi) is 9.98. The molecule has 2 heterocycles. The summed E-state index contributed by atoms with van der Waals surface area (Å²) < 4.78 is 1.75. The fourth-order valence-electron chi connectivity index (χ4n) is 2.64. The van der Waals surface area contributed by atoms with Crippen LogP contribution < -0.4 is 10.6 Å². The maximum atomic E-state index is 4.30. The van der Waals surface area contributed by atoms with E-state index in [9.17, 15) is 0 Å². The van der Waals surface area contributed by atoms with Crippen molar-refractivity contribution in [3.63, 3.8) is 0 Å². The number of likely N-dealkylation sites (N-methyl/N-ethyl adjacent to an activating group) is 1. The van der Waals surface area contributed by atoms with Gasteiger partial charge in [0, 0.05) is 20.6 Å². The molecule has 7 nitrogen and oxygen atoms in total. The summed E-state index contributed by atoms with van der Waals surface area (Å²) in [5, 5.41) is 15.1. The molecule has 2 rings (SSSR count). The highest BCUT2D eigenvalue weighted by molar-refractivity contribution is 14.0. The molecule has 0 aliphatic carbocycles. The SMILES string of the molecule is CCN(CC)C(CNC(=NC)NCc1ncnn1C)c1ccsc1.I. The molecule has 2 N–H and O–H groups in total. The molecule has 0 bridgehead atoms. The number of aliphatic imine (C=N–C) groups is 1. The van der Waals surface area contributed by atoms with Crippen LogP contribution in [0.25, 0.3) is 0 Å². The Morgan fingerprint density at radius 3 is 2.64 bits per heavy atom. The monoisotopic (exact) mass is 477 g/mol. The molecule has 25 heavy (non-hydrogen) atoms. The minimum atomic E-state index is 0. The first kappa shape index (κ1) is 21.8. The van der Waals surface area contributed by atoms with E-state index in [1.165, 1.54) is 5.56 Å². The molecule has 0 saturated heterocycles. The maximum absolute atomic E-state index is 4.30. The Morgan fingerprint density at radius 1 is 1.36 bits per heavy atom. The van der Waals surface area contributed by atoms with Crippen molar-refractivity contribution in [1.29, 1.82) is 0 Å². The second-order valence-corrected chi connectivity index (χ2v) is 6.18. The van der Waals surface area contributed by atoms with E-state index in [-0.39, 0.29) is 24.0 Å². The van der Waals surface area contributed by atoms with Gasteiger partial charge < -0.3 is 10.6 Å². The molecule has 140 valence electrons. The zero-order valence-corrected chi connectivity index (χ0v) is 18.4. The summed E-state index contributed by atoms with van der Waals surface area (Å²) in [5.74, 6) is 1.64. The second-order valence-electron chi connectivity index (χ2n) is 5.40. The topological polar surface area (TPSA) is 70.4 Å². The number of hydrogen-bond donors (Lipinski definition) is 2. The second kappa shape index (κ2) is 11.4. The number of thiophene rings is 1. The maximum Gasteiger partial charge on any atom is 0.191 e. The normalized spacial score (nSPS) is 12.8. The molecule has 0 aliphatic rings. The van der Waals surface area contributed by atoms with Crippen molar-refractivity contribution < 1.29 is 0 Å². The number of halogens is 1. The Morgan fingerprint density at radius 2 is 2.12 bits per heavy atom. The molecular formula is C16H28IN7S. The summed E-state index contributed by atoms with van der Waals surface area (Å²) in [7, 11) is 3.66. The van der Waals surface area contributed by atoms with Gasteiger partial charge in [-0.25, -0.2) is 4.98 Å². The van der Waals surface area contributed by atoms with Crippen LogP contribution >= 0.6 is 35.3 Å². The van der Waals surface area contributed by atoms with E-state index in [1.807, 2.05) is 7.05 Å². The molecular weight excluding hydrogens is 449 g/mol. The molecule has 2 aromatic rings. The van der Waals surface area contributed by atoms with Gasteiger partial charge in [0.2, 0.25) is 0 Å². The first-order valence-corrected chi connectivity index (χ1v) is 9.17. The first-order valence-electron chi connectivity index (χ1n) is 8.23. The minimum absolute atomic E-state index is 0. The molecule has 0 aromatic carbocycles. The van der Waals surface area contributed by atoms with Crippen molar-refractivity contribution >= 4 is 41.3 Å². The van der Waals surface area contributed by atoms with Gasteiger partial charge in [0.1, 0.15) is 12.2 Å². The van der Waals surface area contributed by atoms with Crippen LogP contribution in [0.5, 0.6) is 0 Å². The van der Waals surface area contributed by atoms with Crippen LogP contribution in [0.3, 0.4) is 0 Å². The van der Waals surface area contributed by atoms with Gasteiger partial charge >= 0.3 is 0 Å². The predicted molar refractivity (Wildman–Crippen MR) is 115 cm³/mol. The smallest absolute Gasteiger partial charge is 0.191 e. The van der Waals surface area contributed by atoms with Crippen molar-refractivity contribution in [1.82, 2.24) is 30.3 Å². The van der Waals surface area contributed by atoms with Crippen LogP contribution in [-0.2, 0) is 13.6 Å². The van der Waals surface area contributed by atoms with Crippen LogP contribution in [0.2, 0.25) is 0 Å². The molecule has 0 radical (unpaired) electrons. The molecule has 0 fully saturated rings. The van der Waals surface area contributed by atoms with Crippen LogP contribution in [0.1, 0.15) is 31.3 Å². The van der Waals surface area contributed by atoms with Gasteiger partial charge in [-0.1, -0.05) is 13.8 Å². The molecule has 0 saturated carbocycles. The number of hydrogen-bond acceptors (Lipinski definition) is 5. The molecule has 2 aromatic heterocycles. The third-order valence-corrected chi connectivity index (χ3v) is 4.79. The average molecular weight is 477 g/mol. The standard InChI is InChI=1S/C16H27N7S.HI/c1-5-23(6-2)14(13-7-8-24-11-13)9-18-16(17-3)19-10-15-20-12-21-22(15)4;/h7-8,11-12,14H,5-6,9-10H2,1-4H3,(H2,17,18,19);1H. The molecule has 9 heteroatoms. The Labute approximate surface area is 171 Å². The lowest BCUT2D eigenvalue weighted by Crippen LogP contribution is -2.43. The average Bonchev–Trinajstić information content (AvgIpc) is 3.26. The Hall–Kier alpha value is -1.20. The summed E-state index contributed by atoms with van der Waals surface area (Å²) in [6, 6.07) is 2.53. The molecule has 0 spiro atoms. The quantitative estimate of drug-likeness (QED) is 0.347. The summed E-state index contributed by atoms with van der Waals surface area (Å²) in [6.45, 7) is 7.82. The number of guanidine groups is 1. The lowest BCUT2D eigenvalue weighted by atomic mass is 10.1. The van der Waals surface area contributed by atoms with Crippen LogP contribution in [0.15, 0.2) is 28.1 Å². The van der Waals surface area contributed by atoms with Gasteiger partial charge in [0.15, 0.2) is 5.96 Å². The van der Waals surface area contributed by atoms with Crippen molar-refractivity contribution in [3.05, 3.63) is 34.5 Å². The summed E-state index contributed by atoms with van der Waals surface area (Å²) >= 11 is 1.74. The van der Waals surface area contributed by atoms with Crippen molar-refractivity contribution in [2.75, 3.05) is 26.7 Å². The molecule has 1 atom stereocenters. The van der Waals surface area contributed by atoms with E-state index in [2.05, 4.69) is 61.3 Å². The molecule has 1 unspecified atom stereocenters. The third kappa shape index (κ3) is 6.23. The zero-order valence-electron chi connectivity index (χ0n) is 15.3. The largest absolute Gasteiger partial charge is 0.354 e. The number of aryl methyl sites for hydroxylation is 1. The summed E-state index contributed by atoms with van der Waals surface area (Å²) in [5.41, 5.74) is 1.35. The number of rotatable bonds is 8. The van der Waals surface area contributed by atoms with E-state index in [4.69, 9.17) is 0 Å². The van der Waals surface area contributed by atoms with Gasteiger partial charge in [-0.2, -0.15) is 16.4 Å². The minimum Gasteiger partial charge on any atom is -0.354 e. The first-order chi connectivity index (χ1) is 11.7. The predicted octanol–water partition coefficient (Wildman–Crippen LogP) is 2.24. The number of nitrogens with zero attached hydrogens (tertiary/aromatic N) is 5. The number of nitrogens with one attached hydrogen (secondary N) is 2. The highest BCUT2D eigenvalue weighted by atomic mass is 127. The van der Waals surface area contributed by atoms with Crippen molar-refractivity contribution in [2.24, 2.45) is 12.0 Å². The van der Waals surface area contributed by atoms with E-state index < -0.39 is 0 Å².